The summed E-state index contributed by atoms with van der Waals surface area (Å²) in [5.74, 6) is 0. The molecule has 1 nitrogen and oxygen atoms in total. The van der Waals surface area contributed by atoms with Crippen LogP contribution in [0.4, 0.5) is 0 Å². The van der Waals surface area contributed by atoms with Crippen molar-refractivity contribution < 1.29 is 4.74 Å². The van der Waals surface area contributed by atoms with Gasteiger partial charge in [0.05, 0.1) is 12.7 Å². The summed E-state index contributed by atoms with van der Waals surface area (Å²) in [5.41, 5.74) is 1.32. The molecule has 76 valence electrons. The van der Waals surface area contributed by atoms with Gasteiger partial charge in [-0.05, 0) is 32.3 Å². The topological polar surface area (TPSA) is 9.23 Å². The van der Waals surface area contributed by atoms with Gasteiger partial charge in [-0.3, -0.25) is 0 Å². The second-order valence-electron chi connectivity index (χ2n) is 3.12. The molecule has 0 spiro atoms. The van der Waals surface area contributed by atoms with Crippen molar-refractivity contribution in [3.05, 3.63) is 23.8 Å². The van der Waals surface area contributed by atoms with Gasteiger partial charge < -0.3 is 4.74 Å². The average molecular weight is 182 g/mol. The summed E-state index contributed by atoms with van der Waals surface area (Å²) in [6, 6.07) is 0. The summed E-state index contributed by atoms with van der Waals surface area (Å²) in [6.07, 6.45) is 9.32. The van der Waals surface area contributed by atoms with Crippen LogP contribution >= 0.6 is 0 Å². The normalized spacial score (nSPS) is 15.0. The molecule has 1 heteroatoms. The third-order valence-electron chi connectivity index (χ3n) is 1.66. The molecule has 0 aromatic heterocycles. The molecule has 1 aliphatic carbocycles. The van der Waals surface area contributed by atoms with Gasteiger partial charge in [-0.25, -0.2) is 0 Å². The second-order valence-corrected chi connectivity index (χ2v) is 3.12. The van der Waals surface area contributed by atoms with E-state index in [1.807, 2.05) is 13.8 Å². The van der Waals surface area contributed by atoms with Gasteiger partial charge in [0.1, 0.15) is 0 Å². The molecule has 0 radical (unpaired) electrons. The highest BCUT2D eigenvalue weighted by atomic mass is 16.5. The van der Waals surface area contributed by atoms with E-state index >= 15 is 0 Å². The maximum atomic E-state index is 5.46. The Labute approximate surface area is 82.5 Å². The lowest BCUT2D eigenvalue weighted by Gasteiger charge is -2.10. The lowest BCUT2D eigenvalue weighted by Crippen LogP contribution is -2.05. The summed E-state index contributed by atoms with van der Waals surface area (Å²) in [6.45, 7) is 8.90. The largest absolute Gasteiger partial charge is 0.374 e. The minimum atomic E-state index is 0.339. The van der Waals surface area contributed by atoms with E-state index in [1.165, 1.54) is 18.4 Å². The maximum Gasteiger partial charge on any atom is 0.0717 e. The molecule has 0 fully saturated rings. The van der Waals surface area contributed by atoms with Crippen LogP contribution in [-0.2, 0) is 4.74 Å². The van der Waals surface area contributed by atoms with E-state index in [-0.39, 0.29) is 0 Å². The predicted molar refractivity (Wildman–Crippen MR) is 58.9 cm³/mol. The Morgan fingerprint density at radius 2 is 2.00 bits per heavy atom. The highest BCUT2D eigenvalue weighted by Gasteiger charge is 1.98. The van der Waals surface area contributed by atoms with Crippen molar-refractivity contribution in [2.75, 3.05) is 6.61 Å². The quantitative estimate of drug-likeness (QED) is 0.646. The van der Waals surface area contributed by atoms with Gasteiger partial charge in [-0.15, -0.1) is 0 Å². The van der Waals surface area contributed by atoms with Crippen molar-refractivity contribution in [3.8, 4) is 0 Å². The molecule has 1 rings (SSSR count). The predicted octanol–water partition coefficient (Wildman–Crippen LogP) is 3.71. The SMILES string of the molecule is CC.CC(C)OCC1=CCCC=C1. The van der Waals surface area contributed by atoms with E-state index in [2.05, 4.69) is 32.1 Å². The number of hydrogen-bond donors (Lipinski definition) is 0. The van der Waals surface area contributed by atoms with Crippen LogP contribution in [-0.4, -0.2) is 12.7 Å². The third-order valence-corrected chi connectivity index (χ3v) is 1.66. The number of rotatable bonds is 3. The van der Waals surface area contributed by atoms with E-state index in [0.717, 1.165) is 6.61 Å². The first-order chi connectivity index (χ1) is 6.29. The molecule has 0 bridgehead atoms. The number of hydrogen-bond acceptors (Lipinski definition) is 1. The van der Waals surface area contributed by atoms with E-state index in [9.17, 15) is 0 Å². The Morgan fingerprint density at radius 3 is 2.46 bits per heavy atom. The molecular formula is C12H22O. The van der Waals surface area contributed by atoms with Crippen LogP contribution < -0.4 is 0 Å². The average Bonchev–Trinajstić information content (AvgIpc) is 2.19. The van der Waals surface area contributed by atoms with Gasteiger partial charge in [0.15, 0.2) is 0 Å². The number of allylic oxidation sites excluding steroid dienone is 2. The van der Waals surface area contributed by atoms with Crippen molar-refractivity contribution in [1.82, 2.24) is 0 Å². The monoisotopic (exact) mass is 182 g/mol. The molecule has 0 aliphatic heterocycles. The lowest BCUT2D eigenvalue weighted by atomic mass is 10.1. The molecule has 13 heavy (non-hydrogen) atoms. The van der Waals surface area contributed by atoms with Crippen LogP contribution in [0, 0.1) is 0 Å². The molecule has 0 aromatic rings. The van der Waals surface area contributed by atoms with Crippen LogP contribution in [0.5, 0.6) is 0 Å². The van der Waals surface area contributed by atoms with Gasteiger partial charge in [0, 0.05) is 0 Å². The zero-order valence-electron chi connectivity index (χ0n) is 9.34. The summed E-state index contributed by atoms with van der Waals surface area (Å²) < 4.78 is 5.46. The van der Waals surface area contributed by atoms with E-state index < -0.39 is 0 Å². The summed E-state index contributed by atoms with van der Waals surface area (Å²) in [4.78, 5) is 0. The fourth-order valence-corrected chi connectivity index (χ4v) is 1.04. The van der Waals surface area contributed by atoms with Gasteiger partial charge >= 0.3 is 0 Å². The van der Waals surface area contributed by atoms with Gasteiger partial charge in [-0.1, -0.05) is 32.1 Å². The molecule has 0 heterocycles. The highest BCUT2D eigenvalue weighted by molar-refractivity contribution is 5.22. The van der Waals surface area contributed by atoms with Crippen LogP contribution in [0.2, 0.25) is 0 Å². The van der Waals surface area contributed by atoms with Gasteiger partial charge in [0.2, 0.25) is 0 Å². The zero-order chi connectivity index (χ0) is 10.1. The molecule has 0 saturated carbocycles. The van der Waals surface area contributed by atoms with Crippen molar-refractivity contribution in [1.29, 1.82) is 0 Å². The summed E-state index contributed by atoms with van der Waals surface area (Å²) >= 11 is 0. The van der Waals surface area contributed by atoms with Crippen LogP contribution in [0.15, 0.2) is 23.8 Å². The molecule has 0 N–H and O–H groups in total. The third kappa shape index (κ3) is 6.59. The first kappa shape index (κ1) is 12.4. The Morgan fingerprint density at radius 1 is 1.31 bits per heavy atom. The Bertz CT molecular complexity index is 166. The Balaban J connectivity index is 0.000000671. The van der Waals surface area contributed by atoms with Crippen molar-refractivity contribution >= 4 is 0 Å². The van der Waals surface area contributed by atoms with Gasteiger partial charge in [0.25, 0.3) is 0 Å². The summed E-state index contributed by atoms with van der Waals surface area (Å²) in [5, 5.41) is 0. The minimum Gasteiger partial charge on any atom is -0.374 e. The molecular weight excluding hydrogens is 160 g/mol. The Kier molecular flexibility index (Phi) is 7.71. The standard InChI is InChI=1S/C10H16O.C2H6/c1-9(2)11-8-10-6-4-3-5-7-10;1-2/h4,6-7,9H,3,5,8H2,1-2H3;1-2H3. The Hall–Kier alpha value is -0.560. The maximum absolute atomic E-state index is 5.46. The van der Waals surface area contributed by atoms with Gasteiger partial charge in [-0.2, -0.15) is 0 Å². The molecule has 0 saturated heterocycles. The highest BCUT2D eigenvalue weighted by Crippen LogP contribution is 2.10. The van der Waals surface area contributed by atoms with E-state index in [0.29, 0.717) is 6.10 Å². The van der Waals surface area contributed by atoms with Crippen LogP contribution in [0.3, 0.4) is 0 Å². The van der Waals surface area contributed by atoms with Crippen LogP contribution in [0.25, 0.3) is 0 Å². The van der Waals surface area contributed by atoms with Crippen molar-refractivity contribution in [3.63, 3.8) is 0 Å². The molecule has 0 unspecified atom stereocenters. The molecule has 0 atom stereocenters. The summed E-state index contributed by atoms with van der Waals surface area (Å²) in [7, 11) is 0. The van der Waals surface area contributed by atoms with E-state index in [1.54, 1.807) is 0 Å². The lowest BCUT2D eigenvalue weighted by molar-refractivity contribution is 0.0986. The van der Waals surface area contributed by atoms with Crippen molar-refractivity contribution in [2.45, 2.75) is 46.6 Å². The fourth-order valence-electron chi connectivity index (χ4n) is 1.04. The van der Waals surface area contributed by atoms with E-state index in [4.69, 9.17) is 4.74 Å². The molecule has 0 aromatic carbocycles. The minimum absolute atomic E-state index is 0.339. The fraction of sp³-hybridized carbons (Fsp3) is 0.667. The van der Waals surface area contributed by atoms with Crippen LogP contribution in [0.1, 0.15) is 40.5 Å². The molecule has 0 amide bonds. The number of ether oxygens (including phenoxy) is 1. The first-order valence-electron chi connectivity index (χ1n) is 5.26. The first-order valence-corrected chi connectivity index (χ1v) is 5.26. The molecule has 1 aliphatic rings. The smallest absolute Gasteiger partial charge is 0.0717 e. The van der Waals surface area contributed by atoms with Crippen molar-refractivity contribution in [2.24, 2.45) is 0 Å². The zero-order valence-corrected chi connectivity index (χ0v) is 9.34. The second kappa shape index (κ2) is 8.06.